The molecule has 0 unspecified atom stereocenters. The van der Waals surface area contributed by atoms with Crippen molar-refractivity contribution in [1.29, 1.82) is 0 Å². The summed E-state index contributed by atoms with van der Waals surface area (Å²) in [7, 11) is 0. The van der Waals surface area contributed by atoms with Crippen molar-refractivity contribution < 1.29 is 0 Å². The number of allylic oxidation sites excluding steroid dienone is 7. The molecule has 7 rings (SSSR count). The second kappa shape index (κ2) is 14.8. The Hall–Kier alpha value is -6.38. The lowest BCUT2D eigenvalue weighted by Crippen LogP contribution is -2.10. The molecule has 0 bridgehead atoms. The van der Waals surface area contributed by atoms with Crippen LogP contribution in [0, 0.1) is 0 Å². The van der Waals surface area contributed by atoms with Gasteiger partial charge in [0.1, 0.15) is 0 Å². The number of para-hydroxylation sites is 1. The molecule has 0 aliphatic carbocycles. The summed E-state index contributed by atoms with van der Waals surface area (Å²) < 4.78 is 2.38. The SMILES string of the molecule is C=C/C(=C/C(=C\C=C/C(=C)c1ccccc1)c1ccccc1)Nc1cccc(-c2ccc3c(c2)c2cc(C(C)(C)C)ccc2n3-c2ccccc2)c1. The highest BCUT2D eigenvalue weighted by Gasteiger charge is 2.18. The second-order valence-electron chi connectivity index (χ2n) is 14.1. The molecule has 254 valence electrons. The summed E-state index contributed by atoms with van der Waals surface area (Å²) in [5, 5.41) is 6.15. The number of anilines is 1. The normalized spacial score (nSPS) is 12.4. The van der Waals surface area contributed by atoms with Crippen LogP contribution >= 0.6 is 0 Å². The topological polar surface area (TPSA) is 17.0 Å². The van der Waals surface area contributed by atoms with Gasteiger partial charge in [-0.2, -0.15) is 0 Å². The molecule has 2 nitrogen and oxygen atoms in total. The fourth-order valence-corrected chi connectivity index (χ4v) is 6.66. The first-order valence-electron chi connectivity index (χ1n) is 17.8. The first kappa shape index (κ1) is 34.1. The average molecular weight is 673 g/mol. The summed E-state index contributed by atoms with van der Waals surface area (Å²) in [5.41, 5.74) is 13.4. The van der Waals surface area contributed by atoms with Gasteiger partial charge in [-0.15, -0.1) is 0 Å². The number of benzene rings is 6. The maximum Gasteiger partial charge on any atom is 0.0541 e. The van der Waals surface area contributed by atoms with Gasteiger partial charge < -0.3 is 9.88 Å². The van der Waals surface area contributed by atoms with Crippen LogP contribution < -0.4 is 5.32 Å². The van der Waals surface area contributed by atoms with E-state index in [0.717, 1.165) is 44.9 Å². The van der Waals surface area contributed by atoms with Crippen LogP contribution in [0.2, 0.25) is 0 Å². The van der Waals surface area contributed by atoms with Gasteiger partial charge in [0, 0.05) is 27.8 Å². The van der Waals surface area contributed by atoms with Crippen molar-refractivity contribution in [3.63, 3.8) is 0 Å². The highest BCUT2D eigenvalue weighted by Crippen LogP contribution is 2.37. The maximum absolute atomic E-state index is 4.26. The summed E-state index contributed by atoms with van der Waals surface area (Å²) in [6, 6.07) is 53.7. The predicted octanol–water partition coefficient (Wildman–Crippen LogP) is 13.6. The Bertz CT molecular complexity index is 2470. The molecule has 0 amide bonds. The van der Waals surface area contributed by atoms with Crippen molar-refractivity contribution in [3.8, 4) is 16.8 Å². The van der Waals surface area contributed by atoms with Crippen molar-refractivity contribution in [2.45, 2.75) is 26.2 Å². The fraction of sp³-hybridized carbons (Fsp3) is 0.0800. The zero-order valence-corrected chi connectivity index (χ0v) is 30.2. The van der Waals surface area contributed by atoms with E-state index in [1.165, 1.54) is 32.9 Å². The molecular weight excluding hydrogens is 629 g/mol. The molecule has 2 heteroatoms. The van der Waals surface area contributed by atoms with E-state index >= 15 is 0 Å². The summed E-state index contributed by atoms with van der Waals surface area (Å²) >= 11 is 0. The molecule has 0 saturated heterocycles. The van der Waals surface area contributed by atoms with E-state index in [-0.39, 0.29) is 5.41 Å². The van der Waals surface area contributed by atoms with E-state index in [0.29, 0.717) is 0 Å². The Kier molecular flexibility index (Phi) is 9.73. The molecule has 1 heterocycles. The summed E-state index contributed by atoms with van der Waals surface area (Å²) in [6.07, 6.45) is 10.2. The number of nitrogens with one attached hydrogen (secondary N) is 1. The third kappa shape index (κ3) is 7.38. The number of nitrogens with zero attached hydrogens (tertiary/aromatic N) is 1. The Morgan fingerprint density at radius 2 is 1.25 bits per heavy atom. The number of hydrogen-bond donors (Lipinski definition) is 1. The van der Waals surface area contributed by atoms with Gasteiger partial charge in [-0.05, 0) is 105 Å². The number of hydrogen-bond acceptors (Lipinski definition) is 1. The van der Waals surface area contributed by atoms with E-state index in [4.69, 9.17) is 0 Å². The van der Waals surface area contributed by atoms with Gasteiger partial charge >= 0.3 is 0 Å². The van der Waals surface area contributed by atoms with Gasteiger partial charge in [-0.3, -0.25) is 0 Å². The summed E-state index contributed by atoms with van der Waals surface area (Å²) in [5.74, 6) is 0. The van der Waals surface area contributed by atoms with E-state index in [9.17, 15) is 0 Å². The molecule has 0 aliphatic rings. The van der Waals surface area contributed by atoms with Crippen molar-refractivity contribution in [2.24, 2.45) is 0 Å². The highest BCUT2D eigenvalue weighted by molar-refractivity contribution is 6.10. The first-order valence-corrected chi connectivity index (χ1v) is 17.8. The van der Waals surface area contributed by atoms with Crippen molar-refractivity contribution in [1.82, 2.24) is 4.57 Å². The Labute approximate surface area is 308 Å². The van der Waals surface area contributed by atoms with Gasteiger partial charge in [0.25, 0.3) is 0 Å². The minimum atomic E-state index is 0.0476. The molecule has 0 fully saturated rings. The van der Waals surface area contributed by atoms with Crippen LogP contribution in [0.1, 0.15) is 37.5 Å². The molecule has 0 aliphatic heterocycles. The zero-order valence-electron chi connectivity index (χ0n) is 30.2. The standard InChI is InChI=1S/C50H44N2/c1-6-43(32-39(38-21-12-8-13-22-38)23-16-18-36(2)37-19-10-7-11-20-37)51-44-25-17-24-40(33-44)41-28-30-48-46(34-41)47-35-42(50(3,4)5)29-31-49(47)52(48)45-26-14-9-15-27-45/h6-35,51H,1-2H2,3-5H3/b18-16-,39-23+,43-32-. The van der Waals surface area contributed by atoms with E-state index in [2.05, 4.69) is 196 Å². The molecule has 0 spiro atoms. The zero-order chi connectivity index (χ0) is 36.1. The molecule has 0 saturated carbocycles. The third-order valence-electron chi connectivity index (χ3n) is 9.49. The van der Waals surface area contributed by atoms with Crippen LogP contribution in [0.4, 0.5) is 5.69 Å². The Morgan fingerprint density at radius 3 is 1.92 bits per heavy atom. The molecule has 1 aromatic heterocycles. The largest absolute Gasteiger partial charge is 0.356 e. The van der Waals surface area contributed by atoms with Crippen molar-refractivity contribution >= 4 is 38.6 Å². The molecule has 0 radical (unpaired) electrons. The fourth-order valence-electron chi connectivity index (χ4n) is 6.66. The minimum Gasteiger partial charge on any atom is -0.356 e. The quantitative estimate of drug-likeness (QED) is 0.143. The van der Waals surface area contributed by atoms with Crippen molar-refractivity contribution in [2.75, 3.05) is 5.32 Å². The summed E-state index contributed by atoms with van der Waals surface area (Å²) in [6.45, 7) is 15.2. The van der Waals surface area contributed by atoms with Gasteiger partial charge in [0.05, 0.1) is 11.0 Å². The number of aromatic nitrogens is 1. The molecule has 6 aromatic carbocycles. The van der Waals surface area contributed by atoms with Crippen LogP contribution in [-0.4, -0.2) is 4.57 Å². The van der Waals surface area contributed by atoms with E-state index < -0.39 is 0 Å². The van der Waals surface area contributed by atoms with E-state index in [1.807, 2.05) is 30.3 Å². The lowest BCUT2D eigenvalue weighted by Gasteiger charge is -2.19. The lowest BCUT2D eigenvalue weighted by atomic mass is 9.86. The van der Waals surface area contributed by atoms with Gasteiger partial charge in [-0.25, -0.2) is 0 Å². The first-order chi connectivity index (χ1) is 25.3. The second-order valence-corrected chi connectivity index (χ2v) is 14.1. The lowest BCUT2D eigenvalue weighted by molar-refractivity contribution is 0.591. The molecule has 7 aromatic rings. The van der Waals surface area contributed by atoms with Crippen LogP contribution in [0.25, 0.3) is 49.8 Å². The Balaban J connectivity index is 1.23. The number of rotatable bonds is 10. The number of fused-ring (bicyclic) bond motifs is 3. The van der Waals surface area contributed by atoms with Crippen LogP contribution in [0.15, 0.2) is 201 Å². The monoisotopic (exact) mass is 672 g/mol. The van der Waals surface area contributed by atoms with Crippen molar-refractivity contribution in [3.05, 3.63) is 218 Å². The smallest absolute Gasteiger partial charge is 0.0541 e. The molecule has 52 heavy (non-hydrogen) atoms. The summed E-state index contributed by atoms with van der Waals surface area (Å²) in [4.78, 5) is 0. The van der Waals surface area contributed by atoms with Gasteiger partial charge in [0.15, 0.2) is 0 Å². The van der Waals surface area contributed by atoms with E-state index in [1.54, 1.807) is 0 Å². The van der Waals surface area contributed by atoms with Gasteiger partial charge in [-0.1, -0.05) is 155 Å². The van der Waals surface area contributed by atoms with Crippen LogP contribution in [-0.2, 0) is 5.41 Å². The maximum atomic E-state index is 4.26. The minimum absolute atomic E-state index is 0.0476. The predicted molar refractivity (Wildman–Crippen MR) is 226 cm³/mol. The molecule has 1 N–H and O–H groups in total. The third-order valence-corrected chi connectivity index (χ3v) is 9.49. The Morgan fingerprint density at radius 1 is 0.635 bits per heavy atom. The average Bonchev–Trinajstić information content (AvgIpc) is 3.51. The molecular formula is C50H44N2. The van der Waals surface area contributed by atoms with Crippen LogP contribution in [0.3, 0.4) is 0 Å². The van der Waals surface area contributed by atoms with Gasteiger partial charge in [0.2, 0.25) is 0 Å². The molecule has 0 atom stereocenters. The highest BCUT2D eigenvalue weighted by atomic mass is 15.0. The van der Waals surface area contributed by atoms with Crippen LogP contribution in [0.5, 0.6) is 0 Å².